The van der Waals surface area contributed by atoms with E-state index in [0.29, 0.717) is 17.0 Å². The van der Waals surface area contributed by atoms with Gasteiger partial charge in [-0.25, -0.2) is 9.97 Å². The lowest BCUT2D eigenvalue weighted by atomic mass is 10.1. The van der Waals surface area contributed by atoms with Crippen molar-refractivity contribution < 1.29 is 0 Å². The second-order valence-corrected chi connectivity index (χ2v) is 7.30. The van der Waals surface area contributed by atoms with Gasteiger partial charge < -0.3 is 10.6 Å². The van der Waals surface area contributed by atoms with Gasteiger partial charge in [0.2, 0.25) is 0 Å². The molecule has 118 valence electrons. The highest BCUT2D eigenvalue weighted by Gasteiger charge is 2.24. The lowest BCUT2D eigenvalue weighted by molar-refractivity contribution is 0.580. The molecule has 0 amide bonds. The summed E-state index contributed by atoms with van der Waals surface area (Å²) in [6, 6.07) is 3.81. The van der Waals surface area contributed by atoms with E-state index in [2.05, 4.69) is 45.6 Å². The summed E-state index contributed by atoms with van der Waals surface area (Å²) >= 11 is 2.05. The van der Waals surface area contributed by atoms with Gasteiger partial charge in [0, 0.05) is 36.2 Å². The fraction of sp³-hybridized carbons (Fsp3) is 0.533. The summed E-state index contributed by atoms with van der Waals surface area (Å²) in [6.07, 6.45) is 1.59. The molecule has 0 aromatic carbocycles. The fourth-order valence-electron chi connectivity index (χ4n) is 2.62. The van der Waals surface area contributed by atoms with Crippen molar-refractivity contribution in [2.75, 3.05) is 29.5 Å². The van der Waals surface area contributed by atoms with Crippen LogP contribution in [0.3, 0.4) is 0 Å². The molecule has 0 bridgehead atoms. The maximum atomic E-state index is 5.99. The molecule has 0 aliphatic carbocycles. The average molecular weight is 318 g/mol. The Morgan fingerprint density at radius 3 is 2.73 bits per heavy atom. The van der Waals surface area contributed by atoms with E-state index in [1.807, 2.05) is 19.1 Å². The van der Waals surface area contributed by atoms with Crippen LogP contribution in [0.5, 0.6) is 0 Å². The first-order valence-electron chi connectivity index (χ1n) is 7.55. The van der Waals surface area contributed by atoms with Crippen LogP contribution in [0.15, 0.2) is 18.5 Å². The van der Waals surface area contributed by atoms with Crippen molar-refractivity contribution in [1.29, 1.82) is 0 Å². The van der Waals surface area contributed by atoms with Crippen LogP contribution in [0.1, 0.15) is 19.5 Å². The van der Waals surface area contributed by atoms with Crippen molar-refractivity contribution in [2.45, 2.75) is 26.0 Å². The molecule has 6 nitrogen and oxygen atoms in total. The first-order valence-corrected chi connectivity index (χ1v) is 8.60. The van der Waals surface area contributed by atoms with Crippen LogP contribution in [0.25, 0.3) is 5.82 Å². The van der Waals surface area contributed by atoms with Crippen molar-refractivity contribution >= 4 is 23.4 Å². The maximum absolute atomic E-state index is 5.99. The lowest BCUT2D eigenvalue weighted by Crippen LogP contribution is -2.40. The Balaban J connectivity index is 1.86. The van der Waals surface area contributed by atoms with Crippen LogP contribution < -0.4 is 10.6 Å². The molecule has 7 heteroatoms. The molecule has 1 fully saturated rings. The summed E-state index contributed by atoms with van der Waals surface area (Å²) in [7, 11) is 0. The second-order valence-electron chi connectivity index (χ2n) is 5.96. The summed E-state index contributed by atoms with van der Waals surface area (Å²) in [6.45, 7) is 8.51. The molecule has 22 heavy (non-hydrogen) atoms. The van der Waals surface area contributed by atoms with Gasteiger partial charge in [0.1, 0.15) is 18.0 Å². The highest BCUT2D eigenvalue weighted by atomic mass is 32.2. The van der Waals surface area contributed by atoms with E-state index in [1.54, 1.807) is 11.0 Å². The number of aromatic nitrogens is 4. The van der Waals surface area contributed by atoms with Crippen LogP contribution in [0.4, 0.5) is 11.6 Å². The molecule has 0 spiro atoms. The van der Waals surface area contributed by atoms with Gasteiger partial charge in [-0.1, -0.05) is 13.8 Å². The summed E-state index contributed by atoms with van der Waals surface area (Å²) in [5, 5.41) is 5.03. The van der Waals surface area contributed by atoms with E-state index < -0.39 is 0 Å². The first kappa shape index (κ1) is 15.1. The molecule has 3 rings (SSSR count). The molecule has 2 N–H and O–H groups in total. The van der Waals surface area contributed by atoms with Crippen molar-refractivity contribution in [3.05, 3.63) is 24.2 Å². The molecular weight excluding hydrogens is 296 g/mol. The van der Waals surface area contributed by atoms with Crippen LogP contribution >= 0.6 is 11.8 Å². The molecule has 1 saturated heterocycles. The normalized spacial score (nSPS) is 18.9. The molecular formula is C15H22N6S. The first-order chi connectivity index (χ1) is 10.5. The van der Waals surface area contributed by atoms with E-state index in [9.17, 15) is 0 Å². The second kappa shape index (κ2) is 6.16. The van der Waals surface area contributed by atoms with Crippen molar-refractivity contribution in [1.82, 2.24) is 19.7 Å². The molecule has 1 atom stereocenters. The number of rotatable bonds is 3. The Labute approximate surface area is 135 Å². The number of hydrogen-bond acceptors (Lipinski definition) is 6. The number of nitrogens with zero attached hydrogens (tertiary/aromatic N) is 5. The molecule has 2 aromatic heterocycles. The highest BCUT2D eigenvalue weighted by molar-refractivity contribution is 8.00. The Hall–Kier alpha value is -1.76. The molecule has 0 radical (unpaired) electrons. The zero-order chi connectivity index (χ0) is 15.7. The standard InChI is InChI=1S/C15H22N6S/c1-10(2)12-8-20(4-5-22-12)14-7-15(18-9-17-14)21-13(16)6-11(3)19-21/h6-7,9-10,12H,4-5,8,16H2,1-3H3. The van der Waals surface area contributed by atoms with Gasteiger partial charge in [0.15, 0.2) is 5.82 Å². The van der Waals surface area contributed by atoms with Gasteiger partial charge >= 0.3 is 0 Å². The third-order valence-corrected chi connectivity index (χ3v) is 5.42. The highest BCUT2D eigenvalue weighted by Crippen LogP contribution is 2.28. The predicted molar refractivity (Wildman–Crippen MR) is 91.6 cm³/mol. The lowest BCUT2D eigenvalue weighted by Gasteiger charge is -2.35. The molecule has 2 aromatic rings. The predicted octanol–water partition coefficient (Wildman–Crippen LogP) is 2.13. The van der Waals surface area contributed by atoms with Gasteiger partial charge in [0.05, 0.1) is 5.69 Å². The number of aryl methyl sites for hydroxylation is 1. The minimum Gasteiger partial charge on any atom is -0.384 e. The SMILES string of the molecule is Cc1cc(N)n(-c2cc(N3CCSC(C(C)C)C3)ncn2)n1. The number of nitrogen functional groups attached to an aromatic ring is 1. The number of anilines is 2. The molecule has 3 heterocycles. The monoisotopic (exact) mass is 318 g/mol. The van der Waals surface area contributed by atoms with E-state index in [1.165, 1.54) is 0 Å². The minimum atomic E-state index is 0.594. The summed E-state index contributed by atoms with van der Waals surface area (Å²) in [5.41, 5.74) is 6.87. The van der Waals surface area contributed by atoms with E-state index in [4.69, 9.17) is 5.73 Å². The van der Waals surface area contributed by atoms with Crippen LogP contribution in [-0.2, 0) is 0 Å². The summed E-state index contributed by atoms with van der Waals surface area (Å²) in [4.78, 5) is 11.1. The van der Waals surface area contributed by atoms with Gasteiger partial charge in [-0.15, -0.1) is 0 Å². The van der Waals surface area contributed by atoms with Crippen LogP contribution in [0, 0.1) is 12.8 Å². The number of thioether (sulfide) groups is 1. The Bertz CT molecular complexity index is 653. The summed E-state index contributed by atoms with van der Waals surface area (Å²) in [5.74, 6) is 4.05. The smallest absolute Gasteiger partial charge is 0.161 e. The van der Waals surface area contributed by atoms with Crippen LogP contribution in [0.2, 0.25) is 0 Å². The van der Waals surface area contributed by atoms with Gasteiger partial charge in [-0.3, -0.25) is 0 Å². The fourth-order valence-corrected chi connectivity index (χ4v) is 3.91. The number of nitrogens with two attached hydrogens (primary N) is 1. The van der Waals surface area contributed by atoms with Crippen molar-refractivity contribution in [3.63, 3.8) is 0 Å². The van der Waals surface area contributed by atoms with Crippen molar-refractivity contribution in [3.8, 4) is 5.82 Å². The van der Waals surface area contributed by atoms with Gasteiger partial charge in [0.25, 0.3) is 0 Å². The molecule has 1 unspecified atom stereocenters. The van der Waals surface area contributed by atoms with E-state index in [-0.39, 0.29) is 0 Å². The van der Waals surface area contributed by atoms with E-state index in [0.717, 1.165) is 36.2 Å². The van der Waals surface area contributed by atoms with Gasteiger partial charge in [-0.05, 0) is 12.8 Å². The number of hydrogen-bond donors (Lipinski definition) is 1. The van der Waals surface area contributed by atoms with Crippen molar-refractivity contribution in [2.24, 2.45) is 5.92 Å². The van der Waals surface area contributed by atoms with Gasteiger partial charge in [-0.2, -0.15) is 21.5 Å². The largest absolute Gasteiger partial charge is 0.384 e. The Morgan fingerprint density at radius 1 is 1.27 bits per heavy atom. The summed E-state index contributed by atoms with van der Waals surface area (Å²) < 4.78 is 1.67. The van der Waals surface area contributed by atoms with Crippen LogP contribution in [-0.4, -0.2) is 43.8 Å². The Kier molecular flexibility index (Phi) is 4.24. The molecule has 1 aliphatic heterocycles. The molecule has 0 saturated carbocycles. The minimum absolute atomic E-state index is 0.594. The maximum Gasteiger partial charge on any atom is 0.161 e. The third kappa shape index (κ3) is 3.04. The Morgan fingerprint density at radius 2 is 2.05 bits per heavy atom. The quantitative estimate of drug-likeness (QED) is 0.934. The third-order valence-electron chi connectivity index (χ3n) is 3.88. The average Bonchev–Trinajstić information content (AvgIpc) is 2.86. The van der Waals surface area contributed by atoms with E-state index >= 15 is 0 Å². The topological polar surface area (TPSA) is 72.9 Å². The zero-order valence-electron chi connectivity index (χ0n) is 13.2. The molecule has 1 aliphatic rings. The zero-order valence-corrected chi connectivity index (χ0v) is 14.0.